The summed E-state index contributed by atoms with van der Waals surface area (Å²) in [6.07, 6.45) is 3.83. The first kappa shape index (κ1) is 18.2. The number of oxime groups is 1. The summed E-state index contributed by atoms with van der Waals surface area (Å²) in [5.41, 5.74) is 4.18. The molecule has 0 saturated heterocycles. The molecule has 0 radical (unpaired) electrons. The van der Waals surface area contributed by atoms with Crippen LogP contribution in [0, 0.1) is 5.92 Å². The number of nitrogens with zero attached hydrogens (tertiary/aromatic N) is 1. The molecule has 124 valence electrons. The maximum Gasteiger partial charge on any atom is 0.278 e. The van der Waals surface area contributed by atoms with Crippen LogP contribution in [0.2, 0.25) is 0 Å². The lowest BCUT2D eigenvalue weighted by Gasteiger charge is -2.39. The fraction of sp³-hybridized carbons (Fsp3) is 0.923. The summed E-state index contributed by atoms with van der Waals surface area (Å²) >= 11 is 0. The molecule has 0 aromatic rings. The predicted octanol–water partition coefficient (Wildman–Crippen LogP) is 1.29. The van der Waals surface area contributed by atoms with Gasteiger partial charge in [0.25, 0.3) is 10.2 Å². The smallest absolute Gasteiger partial charge is 0.278 e. The van der Waals surface area contributed by atoms with E-state index >= 15 is 0 Å². The molecule has 5 N–H and O–H groups in total. The summed E-state index contributed by atoms with van der Waals surface area (Å²) in [7, 11) is -3.75. The van der Waals surface area contributed by atoms with Gasteiger partial charge >= 0.3 is 0 Å². The maximum absolute atomic E-state index is 12.3. The van der Waals surface area contributed by atoms with E-state index in [0.29, 0.717) is 18.8 Å². The molecule has 1 aliphatic carbocycles. The summed E-state index contributed by atoms with van der Waals surface area (Å²) in [6, 6.07) is 0. The molecule has 21 heavy (non-hydrogen) atoms. The highest BCUT2D eigenvalue weighted by molar-refractivity contribution is 7.87. The minimum Gasteiger partial charge on any atom is -0.409 e. The first-order chi connectivity index (χ1) is 9.53. The SMILES string of the molecule is CCC1CCC(NS(=O)(=O)NC(C)(C)C)(C(N)=NO)CC1. The molecular weight excluding hydrogens is 292 g/mol. The Labute approximate surface area is 127 Å². The fourth-order valence-corrected chi connectivity index (χ4v) is 4.45. The Kier molecular flexibility index (Phi) is 5.63. The van der Waals surface area contributed by atoms with E-state index in [2.05, 4.69) is 21.5 Å². The molecule has 0 amide bonds. The van der Waals surface area contributed by atoms with Gasteiger partial charge in [-0.3, -0.25) is 0 Å². The third-order valence-electron chi connectivity index (χ3n) is 3.90. The lowest BCUT2D eigenvalue weighted by atomic mass is 9.75. The molecule has 0 unspecified atom stereocenters. The number of hydrogen-bond donors (Lipinski definition) is 4. The number of nitrogens with two attached hydrogens (primary N) is 1. The van der Waals surface area contributed by atoms with Crippen LogP contribution in [0.3, 0.4) is 0 Å². The lowest BCUT2D eigenvalue weighted by molar-refractivity contribution is 0.252. The zero-order valence-corrected chi connectivity index (χ0v) is 14.1. The zero-order chi connectivity index (χ0) is 16.3. The highest BCUT2D eigenvalue weighted by atomic mass is 32.2. The number of rotatable bonds is 5. The van der Waals surface area contributed by atoms with E-state index in [-0.39, 0.29) is 5.84 Å². The maximum atomic E-state index is 12.3. The van der Waals surface area contributed by atoms with Crippen LogP contribution in [0.25, 0.3) is 0 Å². The molecule has 0 aromatic carbocycles. The Bertz CT molecular complexity index is 474. The van der Waals surface area contributed by atoms with Gasteiger partial charge in [-0.1, -0.05) is 18.5 Å². The monoisotopic (exact) mass is 320 g/mol. The third kappa shape index (κ3) is 5.12. The Morgan fingerprint density at radius 3 is 2.29 bits per heavy atom. The van der Waals surface area contributed by atoms with Gasteiger partial charge in [-0.05, 0) is 52.4 Å². The Morgan fingerprint density at radius 2 is 1.90 bits per heavy atom. The van der Waals surface area contributed by atoms with E-state index < -0.39 is 21.3 Å². The summed E-state index contributed by atoms with van der Waals surface area (Å²) in [6.45, 7) is 7.40. The van der Waals surface area contributed by atoms with E-state index in [0.717, 1.165) is 19.3 Å². The first-order valence-corrected chi connectivity index (χ1v) is 8.83. The predicted molar refractivity (Wildman–Crippen MR) is 83.3 cm³/mol. The topological polar surface area (TPSA) is 117 Å². The average molecular weight is 320 g/mol. The van der Waals surface area contributed by atoms with Crippen LogP contribution in [0.1, 0.15) is 59.8 Å². The van der Waals surface area contributed by atoms with E-state index in [1.807, 2.05) is 0 Å². The summed E-state index contributed by atoms with van der Waals surface area (Å²) in [5, 5.41) is 12.1. The highest BCUT2D eigenvalue weighted by Gasteiger charge is 2.42. The summed E-state index contributed by atoms with van der Waals surface area (Å²) < 4.78 is 29.7. The molecule has 0 aliphatic heterocycles. The molecule has 7 nitrogen and oxygen atoms in total. The van der Waals surface area contributed by atoms with Gasteiger partial charge in [-0.2, -0.15) is 17.9 Å². The van der Waals surface area contributed by atoms with Crippen LogP contribution in [0.15, 0.2) is 5.16 Å². The number of hydrogen-bond acceptors (Lipinski definition) is 4. The molecule has 1 rings (SSSR count). The van der Waals surface area contributed by atoms with Crippen molar-refractivity contribution in [3.8, 4) is 0 Å². The standard InChI is InChI=1S/C13H28N4O3S/c1-5-10-6-8-13(9-7-10,11(14)15-18)17-21(19,20)16-12(2,3)4/h10,16-18H,5-9H2,1-4H3,(H2,14,15). The van der Waals surface area contributed by atoms with E-state index in [9.17, 15) is 8.42 Å². The van der Waals surface area contributed by atoms with Crippen molar-refractivity contribution in [3.05, 3.63) is 0 Å². The molecule has 1 fully saturated rings. The molecule has 0 spiro atoms. The normalized spacial score (nSPS) is 28.6. The molecule has 0 heterocycles. The van der Waals surface area contributed by atoms with Crippen molar-refractivity contribution < 1.29 is 13.6 Å². The Hall–Kier alpha value is -0.860. The van der Waals surface area contributed by atoms with Crippen molar-refractivity contribution >= 4 is 16.0 Å². The summed E-state index contributed by atoms with van der Waals surface area (Å²) in [5.74, 6) is 0.487. The number of nitrogens with one attached hydrogen (secondary N) is 2. The molecular formula is C13H28N4O3S. The van der Waals surface area contributed by atoms with Gasteiger partial charge in [0.15, 0.2) is 5.84 Å². The van der Waals surface area contributed by atoms with Crippen LogP contribution in [0.4, 0.5) is 0 Å². The molecule has 8 heteroatoms. The fourth-order valence-electron chi connectivity index (χ4n) is 2.77. The minimum atomic E-state index is -3.75. The van der Waals surface area contributed by atoms with Gasteiger partial charge in [0.1, 0.15) is 0 Å². The quantitative estimate of drug-likeness (QED) is 0.264. The van der Waals surface area contributed by atoms with E-state index in [4.69, 9.17) is 10.9 Å². The van der Waals surface area contributed by atoms with Crippen molar-refractivity contribution in [3.63, 3.8) is 0 Å². The van der Waals surface area contributed by atoms with Gasteiger partial charge in [0, 0.05) is 5.54 Å². The van der Waals surface area contributed by atoms with Crippen LogP contribution in [-0.4, -0.2) is 30.5 Å². The van der Waals surface area contributed by atoms with Crippen LogP contribution in [0.5, 0.6) is 0 Å². The van der Waals surface area contributed by atoms with Crippen molar-refractivity contribution in [2.75, 3.05) is 0 Å². The van der Waals surface area contributed by atoms with Crippen molar-refractivity contribution in [1.82, 2.24) is 9.44 Å². The second-order valence-electron chi connectivity index (χ2n) is 6.88. The van der Waals surface area contributed by atoms with Crippen molar-refractivity contribution in [2.24, 2.45) is 16.8 Å². The molecule has 0 atom stereocenters. The third-order valence-corrected chi connectivity index (χ3v) is 5.44. The van der Waals surface area contributed by atoms with Gasteiger partial charge in [0.2, 0.25) is 0 Å². The second-order valence-corrected chi connectivity index (χ2v) is 8.29. The largest absolute Gasteiger partial charge is 0.409 e. The highest BCUT2D eigenvalue weighted by Crippen LogP contribution is 2.34. The van der Waals surface area contributed by atoms with Crippen LogP contribution >= 0.6 is 0 Å². The zero-order valence-electron chi connectivity index (χ0n) is 13.3. The van der Waals surface area contributed by atoms with Crippen LogP contribution in [-0.2, 0) is 10.2 Å². The number of amidine groups is 1. The van der Waals surface area contributed by atoms with Gasteiger partial charge in [-0.15, -0.1) is 0 Å². The first-order valence-electron chi connectivity index (χ1n) is 7.34. The van der Waals surface area contributed by atoms with Gasteiger partial charge in [-0.25, -0.2) is 0 Å². The lowest BCUT2D eigenvalue weighted by Crippen LogP contribution is -2.62. The summed E-state index contributed by atoms with van der Waals surface area (Å²) in [4.78, 5) is 0. The minimum absolute atomic E-state index is 0.0728. The molecule has 1 aliphatic rings. The van der Waals surface area contributed by atoms with E-state index in [1.165, 1.54) is 0 Å². The van der Waals surface area contributed by atoms with E-state index in [1.54, 1.807) is 20.8 Å². The second kappa shape index (κ2) is 6.50. The Balaban J connectivity index is 2.96. The van der Waals surface area contributed by atoms with Gasteiger partial charge in [0.05, 0.1) is 5.54 Å². The molecule has 0 aromatic heterocycles. The molecule has 0 bridgehead atoms. The van der Waals surface area contributed by atoms with Crippen molar-refractivity contribution in [1.29, 1.82) is 0 Å². The average Bonchev–Trinajstić information content (AvgIpc) is 2.35. The molecule has 1 saturated carbocycles. The Morgan fingerprint density at radius 1 is 1.38 bits per heavy atom. The van der Waals surface area contributed by atoms with Crippen LogP contribution < -0.4 is 15.2 Å². The van der Waals surface area contributed by atoms with Crippen molar-refractivity contribution in [2.45, 2.75) is 70.9 Å². The van der Waals surface area contributed by atoms with Gasteiger partial charge < -0.3 is 10.9 Å².